The van der Waals surface area contributed by atoms with E-state index < -0.39 is 35.5 Å². The Morgan fingerprint density at radius 1 is 0.964 bits per heavy atom. The van der Waals surface area contributed by atoms with E-state index in [2.05, 4.69) is 10.6 Å². The molecular weight excluding hydrogens is 360 g/mol. The van der Waals surface area contributed by atoms with Crippen molar-refractivity contribution in [2.45, 2.75) is 59.7 Å². The number of esters is 1. The molecule has 0 bridgehead atoms. The third kappa shape index (κ3) is 6.25. The molecule has 0 saturated heterocycles. The standard InChI is InChI=1S/C21H32N2O5/c1-13(2)16(22-20(26)28-14(3)4)18(24)23-17(15-11-9-8-10-12-15)21(5,6)19(25)27-7/h8-14,16-17H,1-7H3,(H,22,26)(H,23,24)/t16-,17?/m0/s1. The highest BCUT2D eigenvalue weighted by Crippen LogP contribution is 2.34. The van der Waals surface area contributed by atoms with Crippen LogP contribution in [0, 0.1) is 11.3 Å². The summed E-state index contributed by atoms with van der Waals surface area (Å²) in [4.78, 5) is 37.4. The van der Waals surface area contributed by atoms with Gasteiger partial charge in [0.2, 0.25) is 5.91 Å². The molecule has 0 aromatic heterocycles. The summed E-state index contributed by atoms with van der Waals surface area (Å²) in [6.07, 6.45) is -0.960. The number of methoxy groups -OCH3 is 1. The first kappa shape index (κ1) is 23.5. The van der Waals surface area contributed by atoms with Crippen molar-refractivity contribution in [1.82, 2.24) is 10.6 Å². The van der Waals surface area contributed by atoms with Crippen LogP contribution >= 0.6 is 0 Å². The quantitative estimate of drug-likeness (QED) is 0.663. The van der Waals surface area contributed by atoms with Crippen molar-refractivity contribution in [3.63, 3.8) is 0 Å². The molecule has 2 atom stereocenters. The third-order valence-electron chi connectivity index (χ3n) is 4.42. The molecule has 28 heavy (non-hydrogen) atoms. The van der Waals surface area contributed by atoms with E-state index in [9.17, 15) is 14.4 Å². The minimum absolute atomic E-state index is 0.183. The highest BCUT2D eigenvalue weighted by molar-refractivity contribution is 5.87. The fraction of sp³-hybridized carbons (Fsp3) is 0.571. The number of hydrogen-bond donors (Lipinski definition) is 2. The summed E-state index contributed by atoms with van der Waals surface area (Å²) in [5.74, 6) is -1.03. The van der Waals surface area contributed by atoms with Crippen LogP contribution in [0.15, 0.2) is 30.3 Å². The summed E-state index contributed by atoms with van der Waals surface area (Å²) in [5.41, 5.74) is -0.260. The first-order valence-corrected chi connectivity index (χ1v) is 9.41. The van der Waals surface area contributed by atoms with Crippen LogP contribution in [0.1, 0.15) is 53.1 Å². The molecular formula is C21H32N2O5. The molecule has 7 heteroatoms. The Bertz CT molecular complexity index is 671. The molecule has 0 spiro atoms. The average molecular weight is 392 g/mol. The van der Waals surface area contributed by atoms with Gasteiger partial charge in [-0.2, -0.15) is 0 Å². The molecule has 0 aliphatic carbocycles. The maximum atomic E-state index is 13.0. The Morgan fingerprint density at radius 2 is 1.54 bits per heavy atom. The Kier molecular flexibility index (Phi) is 8.47. The van der Waals surface area contributed by atoms with E-state index in [1.165, 1.54) is 7.11 Å². The van der Waals surface area contributed by atoms with Gasteiger partial charge in [0.15, 0.2) is 0 Å². The summed E-state index contributed by atoms with van der Waals surface area (Å²) in [7, 11) is 1.31. The number of ether oxygens (including phenoxy) is 2. The Morgan fingerprint density at radius 3 is 2.00 bits per heavy atom. The normalized spacial score (nSPS) is 13.6. The van der Waals surface area contributed by atoms with Crippen molar-refractivity contribution in [2.24, 2.45) is 11.3 Å². The molecule has 2 N–H and O–H groups in total. The van der Waals surface area contributed by atoms with Gasteiger partial charge in [-0.05, 0) is 39.2 Å². The van der Waals surface area contributed by atoms with Crippen LogP contribution in [-0.4, -0.2) is 37.2 Å². The van der Waals surface area contributed by atoms with Crippen molar-refractivity contribution >= 4 is 18.0 Å². The largest absolute Gasteiger partial charge is 0.469 e. The number of benzene rings is 1. The summed E-state index contributed by atoms with van der Waals surface area (Å²) >= 11 is 0. The fourth-order valence-electron chi connectivity index (χ4n) is 2.85. The second-order valence-corrected chi connectivity index (χ2v) is 7.89. The summed E-state index contributed by atoms with van der Waals surface area (Å²) < 4.78 is 10.0. The Hall–Kier alpha value is -2.57. The lowest BCUT2D eigenvalue weighted by atomic mass is 9.80. The number of hydrogen-bond acceptors (Lipinski definition) is 5. The van der Waals surface area contributed by atoms with E-state index in [0.29, 0.717) is 0 Å². The minimum Gasteiger partial charge on any atom is -0.469 e. The SMILES string of the molecule is COC(=O)C(C)(C)C(NC(=O)[C@@H](NC(=O)OC(C)C)C(C)C)c1ccccc1. The molecule has 1 aromatic rings. The molecule has 0 fully saturated rings. The van der Waals surface area contributed by atoms with Crippen LogP contribution in [0.5, 0.6) is 0 Å². The lowest BCUT2D eigenvalue weighted by molar-refractivity contribution is -0.153. The summed E-state index contributed by atoms with van der Waals surface area (Å²) in [6, 6.07) is 7.73. The fourth-order valence-corrected chi connectivity index (χ4v) is 2.85. The Labute approximate surface area is 167 Å². The number of carbonyl (C=O) groups excluding carboxylic acids is 3. The molecule has 7 nitrogen and oxygen atoms in total. The van der Waals surface area contributed by atoms with E-state index in [1.54, 1.807) is 27.7 Å². The van der Waals surface area contributed by atoms with Crippen molar-refractivity contribution < 1.29 is 23.9 Å². The molecule has 0 heterocycles. The van der Waals surface area contributed by atoms with Gasteiger partial charge in [-0.1, -0.05) is 44.2 Å². The molecule has 156 valence electrons. The van der Waals surface area contributed by atoms with Crippen LogP contribution < -0.4 is 10.6 Å². The van der Waals surface area contributed by atoms with Crippen molar-refractivity contribution in [2.75, 3.05) is 7.11 Å². The zero-order valence-electron chi connectivity index (χ0n) is 17.7. The van der Waals surface area contributed by atoms with Crippen LogP contribution in [0.4, 0.5) is 4.79 Å². The van der Waals surface area contributed by atoms with Gasteiger partial charge in [0.25, 0.3) is 0 Å². The van der Waals surface area contributed by atoms with E-state index in [0.717, 1.165) is 5.56 Å². The van der Waals surface area contributed by atoms with Crippen LogP contribution in [0.3, 0.4) is 0 Å². The van der Waals surface area contributed by atoms with Crippen molar-refractivity contribution in [3.05, 3.63) is 35.9 Å². The molecule has 0 saturated carbocycles. The maximum Gasteiger partial charge on any atom is 0.408 e. The molecule has 0 radical (unpaired) electrons. The first-order chi connectivity index (χ1) is 13.0. The van der Waals surface area contributed by atoms with E-state index in [-0.39, 0.29) is 12.0 Å². The first-order valence-electron chi connectivity index (χ1n) is 9.41. The predicted octanol–water partition coefficient (Wildman–Crippen LogP) is 3.20. The van der Waals surface area contributed by atoms with Crippen molar-refractivity contribution in [1.29, 1.82) is 0 Å². The van der Waals surface area contributed by atoms with Gasteiger partial charge in [0.05, 0.1) is 24.7 Å². The topological polar surface area (TPSA) is 93.7 Å². The zero-order chi connectivity index (χ0) is 21.5. The second-order valence-electron chi connectivity index (χ2n) is 7.89. The molecule has 0 aliphatic rings. The molecule has 2 amide bonds. The average Bonchev–Trinajstić information content (AvgIpc) is 2.62. The monoisotopic (exact) mass is 392 g/mol. The van der Waals surface area contributed by atoms with Gasteiger partial charge < -0.3 is 20.1 Å². The smallest absolute Gasteiger partial charge is 0.408 e. The number of amides is 2. The molecule has 1 unspecified atom stereocenters. The van der Waals surface area contributed by atoms with Gasteiger partial charge in [-0.3, -0.25) is 9.59 Å². The molecule has 0 aliphatic heterocycles. The van der Waals surface area contributed by atoms with Crippen LogP contribution in [-0.2, 0) is 19.1 Å². The van der Waals surface area contributed by atoms with Gasteiger partial charge >= 0.3 is 12.1 Å². The third-order valence-corrected chi connectivity index (χ3v) is 4.42. The summed E-state index contributed by atoms with van der Waals surface area (Å²) in [6.45, 7) is 10.5. The Balaban J connectivity index is 3.13. The predicted molar refractivity (Wildman–Crippen MR) is 107 cm³/mol. The maximum absolute atomic E-state index is 13.0. The van der Waals surface area contributed by atoms with Crippen molar-refractivity contribution in [3.8, 4) is 0 Å². The van der Waals surface area contributed by atoms with E-state index >= 15 is 0 Å². The highest BCUT2D eigenvalue weighted by Gasteiger charge is 2.41. The number of nitrogens with one attached hydrogen (secondary N) is 2. The van der Waals surface area contributed by atoms with Crippen LogP contribution in [0.2, 0.25) is 0 Å². The van der Waals surface area contributed by atoms with Gasteiger partial charge in [-0.25, -0.2) is 4.79 Å². The van der Waals surface area contributed by atoms with E-state index in [1.807, 2.05) is 44.2 Å². The van der Waals surface area contributed by atoms with Crippen LogP contribution in [0.25, 0.3) is 0 Å². The van der Waals surface area contributed by atoms with E-state index in [4.69, 9.17) is 9.47 Å². The number of carbonyl (C=O) groups is 3. The summed E-state index contributed by atoms with van der Waals surface area (Å²) in [5, 5.41) is 5.53. The second kappa shape index (κ2) is 10.1. The highest BCUT2D eigenvalue weighted by atomic mass is 16.6. The minimum atomic E-state index is -1.02. The van der Waals surface area contributed by atoms with Gasteiger partial charge in [0.1, 0.15) is 6.04 Å². The van der Waals surface area contributed by atoms with Gasteiger partial charge in [-0.15, -0.1) is 0 Å². The number of alkyl carbamates (subject to hydrolysis) is 1. The zero-order valence-corrected chi connectivity index (χ0v) is 17.7. The lowest BCUT2D eigenvalue weighted by Crippen LogP contribution is -2.53. The molecule has 1 aromatic carbocycles. The molecule has 1 rings (SSSR count). The number of rotatable bonds is 8. The lowest BCUT2D eigenvalue weighted by Gasteiger charge is -2.34. The van der Waals surface area contributed by atoms with Gasteiger partial charge in [0, 0.05) is 0 Å².